The summed E-state index contributed by atoms with van der Waals surface area (Å²) in [4.78, 5) is 0. The lowest BCUT2D eigenvalue weighted by Crippen LogP contribution is -2.50. The quantitative estimate of drug-likeness (QED) is 0.860. The zero-order chi connectivity index (χ0) is 13.9. The predicted molar refractivity (Wildman–Crippen MR) is 80.7 cm³/mol. The van der Waals surface area contributed by atoms with Gasteiger partial charge in [-0.15, -0.1) is 0 Å². The SMILES string of the molecule is NCC1(OC2CCOC3(CCCCC3)C2)CCCCC1. The summed E-state index contributed by atoms with van der Waals surface area (Å²) in [6, 6.07) is 0. The molecule has 1 unspecified atom stereocenters. The Hall–Kier alpha value is -0.120. The van der Waals surface area contributed by atoms with E-state index in [2.05, 4.69) is 0 Å². The predicted octanol–water partition coefficient (Wildman–Crippen LogP) is 3.55. The van der Waals surface area contributed by atoms with E-state index in [1.54, 1.807) is 0 Å². The molecule has 3 fully saturated rings. The minimum atomic E-state index is -0.0177. The molecule has 1 spiro atoms. The monoisotopic (exact) mass is 281 g/mol. The first kappa shape index (κ1) is 14.8. The van der Waals surface area contributed by atoms with Crippen LogP contribution in [0.2, 0.25) is 0 Å². The van der Waals surface area contributed by atoms with Gasteiger partial charge < -0.3 is 15.2 Å². The fourth-order valence-corrected chi connectivity index (χ4v) is 4.55. The van der Waals surface area contributed by atoms with Crippen molar-refractivity contribution in [2.24, 2.45) is 5.73 Å². The van der Waals surface area contributed by atoms with Crippen LogP contribution in [-0.4, -0.2) is 30.5 Å². The van der Waals surface area contributed by atoms with Gasteiger partial charge in [0.2, 0.25) is 0 Å². The summed E-state index contributed by atoms with van der Waals surface area (Å²) >= 11 is 0. The van der Waals surface area contributed by atoms with Crippen molar-refractivity contribution in [1.82, 2.24) is 0 Å². The second kappa shape index (κ2) is 6.33. The van der Waals surface area contributed by atoms with E-state index in [-0.39, 0.29) is 11.2 Å². The molecule has 1 atom stereocenters. The van der Waals surface area contributed by atoms with Gasteiger partial charge >= 0.3 is 0 Å². The molecular formula is C17H31NO2. The summed E-state index contributed by atoms with van der Waals surface area (Å²) in [5.74, 6) is 0. The second-order valence-corrected chi connectivity index (χ2v) is 7.27. The van der Waals surface area contributed by atoms with E-state index in [0.717, 1.165) is 32.3 Å². The average Bonchev–Trinajstić information content (AvgIpc) is 2.49. The molecule has 1 saturated heterocycles. The van der Waals surface area contributed by atoms with E-state index in [1.165, 1.54) is 51.4 Å². The Labute approximate surface area is 123 Å². The van der Waals surface area contributed by atoms with Crippen molar-refractivity contribution in [3.63, 3.8) is 0 Å². The third-order valence-electron chi connectivity index (χ3n) is 5.77. The number of hydrogen-bond acceptors (Lipinski definition) is 3. The van der Waals surface area contributed by atoms with Gasteiger partial charge in [0.15, 0.2) is 0 Å². The maximum atomic E-state index is 6.59. The summed E-state index contributed by atoms with van der Waals surface area (Å²) in [5.41, 5.74) is 6.20. The molecule has 1 heterocycles. The minimum Gasteiger partial charge on any atom is -0.375 e. The first-order valence-corrected chi connectivity index (χ1v) is 8.78. The lowest BCUT2D eigenvalue weighted by molar-refractivity contribution is -0.188. The molecule has 2 saturated carbocycles. The average molecular weight is 281 g/mol. The topological polar surface area (TPSA) is 44.5 Å². The van der Waals surface area contributed by atoms with Gasteiger partial charge in [-0.1, -0.05) is 38.5 Å². The van der Waals surface area contributed by atoms with E-state index in [4.69, 9.17) is 15.2 Å². The van der Waals surface area contributed by atoms with Crippen LogP contribution in [0.15, 0.2) is 0 Å². The van der Waals surface area contributed by atoms with Gasteiger partial charge in [0.1, 0.15) is 0 Å². The summed E-state index contributed by atoms with van der Waals surface area (Å²) in [6.45, 7) is 1.57. The molecule has 0 amide bonds. The molecule has 20 heavy (non-hydrogen) atoms. The van der Waals surface area contributed by atoms with Gasteiger partial charge in [-0.05, 0) is 32.1 Å². The van der Waals surface area contributed by atoms with E-state index < -0.39 is 0 Å². The van der Waals surface area contributed by atoms with Crippen LogP contribution in [0.5, 0.6) is 0 Å². The van der Waals surface area contributed by atoms with Crippen LogP contribution < -0.4 is 5.73 Å². The molecule has 3 rings (SSSR count). The Balaban J connectivity index is 1.61. The van der Waals surface area contributed by atoms with Crippen molar-refractivity contribution in [1.29, 1.82) is 0 Å². The first-order valence-electron chi connectivity index (χ1n) is 8.78. The third kappa shape index (κ3) is 3.20. The second-order valence-electron chi connectivity index (χ2n) is 7.27. The van der Waals surface area contributed by atoms with Gasteiger partial charge in [0.05, 0.1) is 17.3 Å². The summed E-state index contributed by atoms with van der Waals surface area (Å²) < 4.78 is 12.8. The molecule has 0 bridgehead atoms. The van der Waals surface area contributed by atoms with Crippen molar-refractivity contribution in [2.75, 3.05) is 13.2 Å². The molecule has 3 aliphatic rings. The molecule has 0 aromatic carbocycles. The van der Waals surface area contributed by atoms with Crippen molar-refractivity contribution in [3.8, 4) is 0 Å². The lowest BCUT2D eigenvalue weighted by Gasteiger charge is -2.47. The maximum absolute atomic E-state index is 6.59. The molecule has 0 radical (unpaired) electrons. The van der Waals surface area contributed by atoms with Gasteiger partial charge in [0, 0.05) is 19.6 Å². The minimum absolute atomic E-state index is 0.0177. The molecule has 3 nitrogen and oxygen atoms in total. The first-order chi connectivity index (χ1) is 9.76. The van der Waals surface area contributed by atoms with E-state index in [9.17, 15) is 0 Å². The number of ether oxygens (including phenoxy) is 2. The van der Waals surface area contributed by atoms with Crippen molar-refractivity contribution >= 4 is 0 Å². The summed E-state index contributed by atoms with van der Waals surface area (Å²) in [5, 5.41) is 0. The lowest BCUT2D eigenvalue weighted by atomic mass is 9.78. The van der Waals surface area contributed by atoms with Gasteiger partial charge in [0.25, 0.3) is 0 Å². The third-order valence-corrected chi connectivity index (χ3v) is 5.77. The normalized spacial score (nSPS) is 33.1. The van der Waals surface area contributed by atoms with E-state index >= 15 is 0 Å². The van der Waals surface area contributed by atoms with Crippen LogP contribution in [0.1, 0.15) is 77.0 Å². The Kier molecular flexibility index (Phi) is 4.68. The van der Waals surface area contributed by atoms with Crippen LogP contribution in [0, 0.1) is 0 Å². The highest BCUT2D eigenvalue weighted by Gasteiger charge is 2.42. The highest BCUT2D eigenvalue weighted by atomic mass is 16.5. The van der Waals surface area contributed by atoms with Crippen LogP contribution in [0.3, 0.4) is 0 Å². The fourth-order valence-electron chi connectivity index (χ4n) is 4.55. The van der Waals surface area contributed by atoms with Gasteiger partial charge in [-0.3, -0.25) is 0 Å². The number of rotatable bonds is 3. The zero-order valence-electron chi connectivity index (χ0n) is 12.9. The highest BCUT2D eigenvalue weighted by Crippen LogP contribution is 2.41. The fraction of sp³-hybridized carbons (Fsp3) is 1.00. The van der Waals surface area contributed by atoms with Crippen molar-refractivity contribution in [3.05, 3.63) is 0 Å². The number of hydrogen-bond donors (Lipinski definition) is 1. The zero-order valence-corrected chi connectivity index (χ0v) is 12.9. The standard InChI is InChI=1S/C17H31NO2/c18-14-17(10-5-2-6-11-17)20-15-7-12-19-16(13-15)8-3-1-4-9-16/h15H,1-14,18H2. The highest BCUT2D eigenvalue weighted by molar-refractivity contribution is 4.93. The van der Waals surface area contributed by atoms with Crippen LogP contribution in [0.4, 0.5) is 0 Å². The molecule has 3 heteroatoms. The molecule has 0 aromatic heterocycles. The van der Waals surface area contributed by atoms with Crippen LogP contribution in [0.25, 0.3) is 0 Å². The summed E-state index contributed by atoms with van der Waals surface area (Å²) in [7, 11) is 0. The number of nitrogens with two attached hydrogens (primary N) is 1. The van der Waals surface area contributed by atoms with Crippen molar-refractivity contribution in [2.45, 2.75) is 94.4 Å². The Morgan fingerprint density at radius 1 is 0.950 bits per heavy atom. The maximum Gasteiger partial charge on any atom is 0.0807 e. The van der Waals surface area contributed by atoms with E-state index in [1.807, 2.05) is 0 Å². The van der Waals surface area contributed by atoms with Crippen LogP contribution >= 0.6 is 0 Å². The van der Waals surface area contributed by atoms with Crippen molar-refractivity contribution < 1.29 is 9.47 Å². The smallest absolute Gasteiger partial charge is 0.0807 e. The molecule has 0 aromatic rings. The van der Waals surface area contributed by atoms with Crippen LogP contribution in [-0.2, 0) is 9.47 Å². The summed E-state index contributed by atoms with van der Waals surface area (Å²) in [6.07, 6.45) is 15.3. The van der Waals surface area contributed by atoms with Gasteiger partial charge in [-0.25, -0.2) is 0 Å². The molecule has 116 valence electrons. The molecule has 2 aliphatic carbocycles. The molecular weight excluding hydrogens is 250 g/mol. The van der Waals surface area contributed by atoms with E-state index in [0.29, 0.717) is 12.6 Å². The Bertz CT molecular complexity index is 301. The molecule has 1 aliphatic heterocycles. The molecule has 2 N–H and O–H groups in total. The van der Waals surface area contributed by atoms with Gasteiger partial charge in [-0.2, -0.15) is 0 Å². The Morgan fingerprint density at radius 2 is 1.60 bits per heavy atom. The Morgan fingerprint density at radius 3 is 2.25 bits per heavy atom. The largest absolute Gasteiger partial charge is 0.375 e.